The Kier molecular flexibility index (Phi) is 3.46. The molecule has 98 valence electrons. The van der Waals surface area contributed by atoms with Gasteiger partial charge in [-0.25, -0.2) is 0 Å². The SMILES string of the molecule is NC(=O)CCn1nnc(-c2ccc([N+](=O)[O-])cc2)n1. The summed E-state index contributed by atoms with van der Waals surface area (Å²) in [5.41, 5.74) is 5.61. The lowest BCUT2D eigenvalue weighted by Crippen LogP contribution is -2.15. The number of nitro groups is 1. The summed E-state index contributed by atoms with van der Waals surface area (Å²) in [4.78, 5) is 21.9. The number of amides is 1. The van der Waals surface area contributed by atoms with Gasteiger partial charge in [0, 0.05) is 24.1 Å². The molecule has 2 N–H and O–H groups in total. The number of non-ortho nitro benzene ring substituents is 1. The van der Waals surface area contributed by atoms with Crippen LogP contribution in [0, 0.1) is 10.1 Å². The number of tetrazole rings is 1. The van der Waals surface area contributed by atoms with Crippen molar-refractivity contribution in [2.75, 3.05) is 0 Å². The number of carbonyl (C=O) groups excluding carboxylic acids is 1. The number of aryl methyl sites for hydroxylation is 1. The molecule has 1 aromatic carbocycles. The molecule has 1 amide bonds. The van der Waals surface area contributed by atoms with E-state index in [0.717, 1.165) is 0 Å². The van der Waals surface area contributed by atoms with Crippen molar-refractivity contribution in [3.8, 4) is 11.4 Å². The summed E-state index contributed by atoms with van der Waals surface area (Å²) in [6.07, 6.45) is 0.121. The molecule has 0 bridgehead atoms. The van der Waals surface area contributed by atoms with Gasteiger partial charge >= 0.3 is 0 Å². The number of nitrogens with two attached hydrogens (primary N) is 1. The highest BCUT2D eigenvalue weighted by atomic mass is 16.6. The summed E-state index contributed by atoms with van der Waals surface area (Å²) in [6.45, 7) is 0.245. The molecular weight excluding hydrogens is 252 g/mol. The van der Waals surface area contributed by atoms with Gasteiger partial charge in [-0.2, -0.15) is 4.80 Å². The van der Waals surface area contributed by atoms with Gasteiger partial charge in [0.2, 0.25) is 11.7 Å². The molecule has 0 fully saturated rings. The molecule has 19 heavy (non-hydrogen) atoms. The molecule has 2 aromatic rings. The fourth-order valence-corrected chi connectivity index (χ4v) is 1.40. The Labute approximate surface area is 107 Å². The maximum atomic E-state index is 10.6. The van der Waals surface area contributed by atoms with E-state index in [9.17, 15) is 14.9 Å². The fourth-order valence-electron chi connectivity index (χ4n) is 1.40. The first-order chi connectivity index (χ1) is 9.06. The minimum atomic E-state index is -0.485. The molecule has 0 aliphatic heterocycles. The Bertz CT molecular complexity index is 606. The third-order valence-corrected chi connectivity index (χ3v) is 2.35. The maximum absolute atomic E-state index is 10.6. The van der Waals surface area contributed by atoms with E-state index in [2.05, 4.69) is 15.4 Å². The number of hydrogen-bond acceptors (Lipinski definition) is 6. The zero-order chi connectivity index (χ0) is 13.8. The van der Waals surface area contributed by atoms with E-state index in [0.29, 0.717) is 11.4 Å². The van der Waals surface area contributed by atoms with E-state index in [4.69, 9.17) is 5.73 Å². The van der Waals surface area contributed by atoms with Crippen molar-refractivity contribution in [2.45, 2.75) is 13.0 Å². The number of benzene rings is 1. The molecule has 0 saturated carbocycles. The highest BCUT2D eigenvalue weighted by Crippen LogP contribution is 2.18. The van der Waals surface area contributed by atoms with E-state index >= 15 is 0 Å². The molecule has 0 atom stereocenters. The predicted molar refractivity (Wildman–Crippen MR) is 63.7 cm³/mol. The van der Waals surface area contributed by atoms with E-state index < -0.39 is 10.8 Å². The van der Waals surface area contributed by atoms with Crippen LogP contribution in [0.25, 0.3) is 11.4 Å². The first kappa shape index (κ1) is 12.6. The zero-order valence-electron chi connectivity index (χ0n) is 9.76. The van der Waals surface area contributed by atoms with Crippen LogP contribution >= 0.6 is 0 Å². The number of aromatic nitrogens is 4. The van der Waals surface area contributed by atoms with Crippen LogP contribution in [-0.2, 0) is 11.3 Å². The molecule has 9 nitrogen and oxygen atoms in total. The molecule has 1 heterocycles. The molecule has 0 spiro atoms. The van der Waals surface area contributed by atoms with Crippen LogP contribution in [0.15, 0.2) is 24.3 Å². The molecule has 0 aliphatic rings. The lowest BCUT2D eigenvalue weighted by Gasteiger charge is -1.95. The number of rotatable bonds is 5. The smallest absolute Gasteiger partial charge is 0.269 e. The van der Waals surface area contributed by atoms with Gasteiger partial charge in [-0.1, -0.05) is 0 Å². The Hall–Kier alpha value is -2.84. The minimum absolute atomic E-state index is 0.00938. The van der Waals surface area contributed by atoms with Gasteiger partial charge in [-0.15, -0.1) is 10.2 Å². The third-order valence-electron chi connectivity index (χ3n) is 2.35. The highest BCUT2D eigenvalue weighted by molar-refractivity contribution is 5.73. The summed E-state index contributed by atoms with van der Waals surface area (Å²) in [5, 5.41) is 22.1. The van der Waals surface area contributed by atoms with E-state index in [-0.39, 0.29) is 18.7 Å². The van der Waals surface area contributed by atoms with Crippen molar-refractivity contribution in [1.82, 2.24) is 20.2 Å². The monoisotopic (exact) mass is 262 g/mol. The van der Waals surface area contributed by atoms with Gasteiger partial charge in [0.05, 0.1) is 11.5 Å². The first-order valence-electron chi connectivity index (χ1n) is 5.37. The van der Waals surface area contributed by atoms with Crippen molar-refractivity contribution < 1.29 is 9.72 Å². The Morgan fingerprint density at radius 1 is 1.37 bits per heavy atom. The van der Waals surface area contributed by atoms with Crippen molar-refractivity contribution in [1.29, 1.82) is 0 Å². The van der Waals surface area contributed by atoms with Crippen LogP contribution in [-0.4, -0.2) is 31.0 Å². The predicted octanol–water partition coefficient (Wildman–Crippen LogP) is 0.124. The lowest BCUT2D eigenvalue weighted by molar-refractivity contribution is -0.384. The third kappa shape index (κ3) is 3.09. The van der Waals surface area contributed by atoms with Gasteiger partial charge < -0.3 is 5.73 Å². The van der Waals surface area contributed by atoms with Crippen LogP contribution < -0.4 is 5.73 Å². The Balaban J connectivity index is 2.13. The highest BCUT2D eigenvalue weighted by Gasteiger charge is 2.09. The molecule has 0 aliphatic carbocycles. The Morgan fingerprint density at radius 3 is 2.63 bits per heavy atom. The van der Waals surface area contributed by atoms with Gasteiger partial charge in [-0.05, 0) is 17.3 Å². The van der Waals surface area contributed by atoms with E-state index in [1.54, 1.807) is 0 Å². The average Bonchev–Trinajstić information content (AvgIpc) is 2.85. The van der Waals surface area contributed by atoms with Crippen LogP contribution in [0.4, 0.5) is 5.69 Å². The minimum Gasteiger partial charge on any atom is -0.370 e. The number of nitro benzene ring substituents is 1. The normalized spacial score (nSPS) is 10.3. The second kappa shape index (κ2) is 5.21. The summed E-state index contributed by atoms with van der Waals surface area (Å²) in [7, 11) is 0. The number of carbonyl (C=O) groups is 1. The molecule has 0 radical (unpaired) electrons. The molecule has 9 heteroatoms. The van der Waals surface area contributed by atoms with Crippen molar-refractivity contribution in [3.05, 3.63) is 34.4 Å². The maximum Gasteiger partial charge on any atom is 0.269 e. The second-order valence-corrected chi connectivity index (χ2v) is 3.73. The quantitative estimate of drug-likeness (QED) is 0.601. The van der Waals surface area contributed by atoms with Crippen LogP contribution in [0.5, 0.6) is 0 Å². The molecule has 2 rings (SSSR count). The topological polar surface area (TPSA) is 130 Å². The van der Waals surface area contributed by atoms with E-state index in [1.165, 1.54) is 29.1 Å². The number of hydrogen-bond donors (Lipinski definition) is 1. The van der Waals surface area contributed by atoms with Crippen LogP contribution in [0.3, 0.4) is 0 Å². The average molecular weight is 262 g/mol. The van der Waals surface area contributed by atoms with Gasteiger partial charge in [0.1, 0.15) is 0 Å². The van der Waals surface area contributed by atoms with Crippen molar-refractivity contribution in [3.63, 3.8) is 0 Å². The largest absolute Gasteiger partial charge is 0.370 e. The molecule has 1 aromatic heterocycles. The number of nitrogens with zero attached hydrogens (tertiary/aromatic N) is 5. The van der Waals surface area contributed by atoms with Crippen LogP contribution in [0.1, 0.15) is 6.42 Å². The van der Waals surface area contributed by atoms with Gasteiger partial charge in [0.25, 0.3) is 5.69 Å². The lowest BCUT2D eigenvalue weighted by atomic mass is 10.2. The molecule has 0 saturated heterocycles. The fraction of sp³-hybridized carbons (Fsp3) is 0.200. The summed E-state index contributed by atoms with van der Waals surface area (Å²) in [6, 6.07) is 5.79. The summed E-state index contributed by atoms with van der Waals surface area (Å²) in [5.74, 6) is -0.117. The van der Waals surface area contributed by atoms with Crippen molar-refractivity contribution >= 4 is 11.6 Å². The molecule has 0 unspecified atom stereocenters. The van der Waals surface area contributed by atoms with Gasteiger partial charge in [0.15, 0.2) is 0 Å². The molecular formula is C10H10N6O3. The standard InChI is InChI=1S/C10H10N6O3/c11-9(17)5-6-15-13-10(12-14-15)7-1-3-8(4-2-7)16(18)19/h1-4H,5-6H2,(H2,11,17). The Morgan fingerprint density at radius 2 is 2.05 bits per heavy atom. The summed E-state index contributed by atoms with van der Waals surface area (Å²) < 4.78 is 0. The van der Waals surface area contributed by atoms with Crippen molar-refractivity contribution in [2.24, 2.45) is 5.73 Å². The number of primary amides is 1. The van der Waals surface area contributed by atoms with E-state index in [1.807, 2.05) is 0 Å². The second-order valence-electron chi connectivity index (χ2n) is 3.73. The summed E-state index contributed by atoms with van der Waals surface area (Å²) >= 11 is 0. The first-order valence-corrected chi connectivity index (χ1v) is 5.37. The van der Waals surface area contributed by atoms with Gasteiger partial charge in [-0.3, -0.25) is 14.9 Å². The zero-order valence-corrected chi connectivity index (χ0v) is 9.76. The van der Waals surface area contributed by atoms with Crippen LogP contribution in [0.2, 0.25) is 0 Å².